The van der Waals surface area contributed by atoms with Crippen molar-refractivity contribution in [2.75, 3.05) is 13.1 Å². The lowest BCUT2D eigenvalue weighted by Crippen LogP contribution is -2.31. The van der Waals surface area contributed by atoms with E-state index in [9.17, 15) is 0 Å². The second-order valence-corrected chi connectivity index (χ2v) is 5.52. The molecular formula is C15H25N3. The fraction of sp³-hybridized carbons (Fsp3) is 0.667. The number of rotatable bonds is 5. The lowest BCUT2D eigenvalue weighted by atomic mass is 9.80. The monoisotopic (exact) mass is 247 g/mol. The van der Waals surface area contributed by atoms with Crippen molar-refractivity contribution < 1.29 is 0 Å². The zero-order chi connectivity index (χ0) is 13.0. The summed E-state index contributed by atoms with van der Waals surface area (Å²) >= 11 is 0. The van der Waals surface area contributed by atoms with Crippen LogP contribution < -0.4 is 5.32 Å². The molecule has 100 valence electrons. The molecule has 3 nitrogen and oxygen atoms in total. The van der Waals surface area contributed by atoms with Crippen LogP contribution in [0.5, 0.6) is 0 Å². The van der Waals surface area contributed by atoms with Crippen LogP contribution in [0.4, 0.5) is 0 Å². The quantitative estimate of drug-likeness (QED) is 0.640. The Hall–Kier alpha value is -1.09. The molecular weight excluding hydrogens is 222 g/mol. The van der Waals surface area contributed by atoms with Crippen molar-refractivity contribution in [3.8, 4) is 0 Å². The van der Waals surface area contributed by atoms with E-state index in [0.717, 1.165) is 37.2 Å². The van der Waals surface area contributed by atoms with Gasteiger partial charge in [-0.05, 0) is 31.6 Å². The molecule has 18 heavy (non-hydrogen) atoms. The molecule has 0 aliphatic heterocycles. The normalized spacial score (nSPS) is 24.1. The van der Waals surface area contributed by atoms with Crippen molar-refractivity contribution in [2.24, 2.45) is 18.9 Å². The predicted molar refractivity (Wildman–Crippen MR) is 75.4 cm³/mol. The van der Waals surface area contributed by atoms with Gasteiger partial charge in [-0.15, -0.1) is 0 Å². The first kappa shape index (κ1) is 13.3. The molecule has 0 spiro atoms. The summed E-state index contributed by atoms with van der Waals surface area (Å²) in [6.07, 6.45) is 9.88. The van der Waals surface area contributed by atoms with Gasteiger partial charge in [0.05, 0.1) is 0 Å². The third-order valence-corrected chi connectivity index (χ3v) is 4.17. The Labute approximate surface area is 110 Å². The zero-order valence-corrected chi connectivity index (χ0v) is 11.8. The third-order valence-electron chi connectivity index (χ3n) is 4.17. The molecule has 0 bridgehead atoms. The molecule has 2 atom stereocenters. The molecule has 1 heterocycles. The van der Waals surface area contributed by atoms with Crippen LogP contribution in [0.25, 0.3) is 0 Å². The van der Waals surface area contributed by atoms with Gasteiger partial charge in [-0.3, -0.25) is 0 Å². The van der Waals surface area contributed by atoms with Crippen LogP contribution in [0.3, 0.4) is 0 Å². The van der Waals surface area contributed by atoms with Gasteiger partial charge in [0.2, 0.25) is 0 Å². The summed E-state index contributed by atoms with van der Waals surface area (Å²) in [5, 5.41) is 3.59. The molecule has 1 aromatic heterocycles. The van der Waals surface area contributed by atoms with E-state index in [1.54, 1.807) is 5.57 Å². The van der Waals surface area contributed by atoms with Crippen molar-refractivity contribution >= 4 is 0 Å². The maximum Gasteiger partial charge on any atom is 0.109 e. The molecule has 1 aliphatic carbocycles. The van der Waals surface area contributed by atoms with Gasteiger partial charge >= 0.3 is 0 Å². The molecule has 1 aliphatic rings. The molecule has 3 heteroatoms. The summed E-state index contributed by atoms with van der Waals surface area (Å²) in [5.74, 6) is 2.70. The summed E-state index contributed by atoms with van der Waals surface area (Å²) in [6, 6.07) is 0. The van der Waals surface area contributed by atoms with Crippen LogP contribution in [0.2, 0.25) is 0 Å². The summed E-state index contributed by atoms with van der Waals surface area (Å²) in [4.78, 5) is 4.34. The van der Waals surface area contributed by atoms with Gasteiger partial charge in [0.1, 0.15) is 5.82 Å². The third kappa shape index (κ3) is 3.22. The molecule has 0 saturated heterocycles. The number of allylic oxidation sites excluding steroid dienone is 1. The van der Waals surface area contributed by atoms with E-state index < -0.39 is 0 Å². The second-order valence-electron chi connectivity index (χ2n) is 5.52. The molecule has 2 rings (SSSR count). The average Bonchev–Trinajstić information content (AvgIpc) is 2.73. The van der Waals surface area contributed by atoms with E-state index in [1.165, 1.54) is 12.8 Å². The highest BCUT2D eigenvalue weighted by Gasteiger charge is 2.21. The predicted octanol–water partition coefficient (Wildman–Crippen LogP) is 2.54. The lowest BCUT2D eigenvalue weighted by Gasteiger charge is -2.29. The van der Waals surface area contributed by atoms with Crippen molar-refractivity contribution in [2.45, 2.75) is 33.1 Å². The lowest BCUT2D eigenvalue weighted by molar-refractivity contribution is 0.351. The first-order valence-corrected chi connectivity index (χ1v) is 7.02. The highest BCUT2D eigenvalue weighted by molar-refractivity contribution is 5.09. The average molecular weight is 247 g/mol. The number of hydrogen-bond donors (Lipinski definition) is 1. The molecule has 0 saturated carbocycles. The molecule has 0 radical (unpaired) electrons. The van der Waals surface area contributed by atoms with Gasteiger partial charge in [0, 0.05) is 39.0 Å². The zero-order valence-electron chi connectivity index (χ0n) is 11.8. The molecule has 0 aromatic carbocycles. The molecule has 1 aromatic rings. The Morgan fingerprint density at radius 2 is 2.33 bits per heavy atom. The van der Waals surface area contributed by atoms with Crippen LogP contribution in [-0.2, 0) is 13.5 Å². The highest BCUT2D eigenvalue weighted by atomic mass is 15.0. The van der Waals surface area contributed by atoms with Crippen LogP contribution >= 0.6 is 0 Å². The van der Waals surface area contributed by atoms with Gasteiger partial charge < -0.3 is 9.88 Å². The number of aryl methyl sites for hydroxylation is 1. The van der Waals surface area contributed by atoms with Crippen molar-refractivity contribution in [1.82, 2.24) is 14.9 Å². The van der Waals surface area contributed by atoms with E-state index in [0.29, 0.717) is 0 Å². The van der Waals surface area contributed by atoms with Gasteiger partial charge in [-0.25, -0.2) is 4.98 Å². The Bertz CT molecular complexity index is 406. The van der Waals surface area contributed by atoms with E-state index in [4.69, 9.17) is 0 Å². The summed E-state index contributed by atoms with van der Waals surface area (Å²) in [6.45, 7) is 6.78. The van der Waals surface area contributed by atoms with E-state index in [2.05, 4.69) is 41.8 Å². The number of aromatic nitrogens is 2. The molecule has 1 N–H and O–H groups in total. The van der Waals surface area contributed by atoms with E-state index in [-0.39, 0.29) is 0 Å². The Morgan fingerprint density at radius 3 is 3.00 bits per heavy atom. The fourth-order valence-electron chi connectivity index (χ4n) is 2.83. The summed E-state index contributed by atoms with van der Waals surface area (Å²) in [7, 11) is 2.05. The van der Waals surface area contributed by atoms with Crippen molar-refractivity contribution in [1.29, 1.82) is 0 Å². The molecule has 2 unspecified atom stereocenters. The van der Waals surface area contributed by atoms with E-state index >= 15 is 0 Å². The van der Waals surface area contributed by atoms with Crippen LogP contribution in [-0.4, -0.2) is 22.6 Å². The fourth-order valence-corrected chi connectivity index (χ4v) is 2.83. The summed E-state index contributed by atoms with van der Waals surface area (Å²) in [5.41, 5.74) is 1.57. The van der Waals surface area contributed by atoms with Gasteiger partial charge in [-0.1, -0.05) is 18.6 Å². The Balaban J connectivity index is 1.74. The maximum absolute atomic E-state index is 4.34. The topological polar surface area (TPSA) is 29.9 Å². The van der Waals surface area contributed by atoms with Gasteiger partial charge in [-0.2, -0.15) is 0 Å². The van der Waals surface area contributed by atoms with Gasteiger partial charge in [0.15, 0.2) is 0 Å². The Kier molecular flexibility index (Phi) is 4.59. The number of imidazole rings is 1. The summed E-state index contributed by atoms with van der Waals surface area (Å²) < 4.78 is 2.09. The largest absolute Gasteiger partial charge is 0.338 e. The van der Waals surface area contributed by atoms with Crippen LogP contribution in [0, 0.1) is 11.8 Å². The van der Waals surface area contributed by atoms with Crippen LogP contribution in [0.1, 0.15) is 32.5 Å². The van der Waals surface area contributed by atoms with Crippen molar-refractivity contribution in [3.63, 3.8) is 0 Å². The standard InChI is InChI=1S/C15H25N3/c1-12-5-4-6-13(2)14(12)11-16-8-7-15-17-9-10-18(15)3/h5,9-10,13-14,16H,4,6-8,11H2,1-3H3. The first-order valence-electron chi connectivity index (χ1n) is 7.02. The smallest absolute Gasteiger partial charge is 0.109 e. The first-order chi connectivity index (χ1) is 8.68. The SMILES string of the molecule is CC1=CCCC(C)C1CNCCc1nccn1C. The number of nitrogens with one attached hydrogen (secondary N) is 1. The van der Waals surface area contributed by atoms with E-state index in [1.807, 2.05) is 12.4 Å². The Morgan fingerprint density at radius 1 is 1.50 bits per heavy atom. The minimum atomic E-state index is 0.722. The number of nitrogens with zero attached hydrogens (tertiary/aromatic N) is 2. The minimum Gasteiger partial charge on any atom is -0.338 e. The molecule has 0 fully saturated rings. The van der Waals surface area contributed by atoms with Gasteiger partial charge in [0.25, 0.3) is 0 Å². The molecule has 0 amide bonds. The highest BCUT2D eigenvalue weighted by Crippen LogP contribution is 2.29. The number of hydrogen-bond acceptors (Lipinski definition) is 2. The second kappa shape index (κ2) is 6.19. The van der Waals surface area contributed by atoms with Crippen molar-refractivity contribution in [3.05, 3.63) is 29.9 Å². The maximum atomic E-state index is 4.34. The minimum absolute atomic E-state index is 0.722. The van der Waals surface area contributed by atoms with Crippen LogP contribution in [0.15, 0.2) is 24.0 Å².